The van der Waals surface area contributed by atoms with Crippen LogP contribution in [0.15, 0.2) is 12.1 Å². The van der Waals surface area contributed by atoms with Gasteiger partial charge in [-0.1, -0.05) is 12.5 Å². The molecule has 25 heavy (non-hydrogen) atoms. The highest BCUT2D eigenvalue weighted by molar-refractivity contribution is 5.55. The minimum absolute atomic E-state index is 0.686. The quantitative estimate of drug-likeness (QED) is 0.789. The first-order chi connectivity index (χ1) is 12.3. The molecule has 0 aromatic heterocycles. The van der Waals surface area contributed by atoms with Crippen LogP contribution in [0.1, 0.15) is 37.7 Å². The van der Waals surface area contributed by atoms with Gasteiger partial charge in [0.25, 0.3) is 0 Å². The number of methoxy groups -OCH3 is 3. The molecule has 2 fully saturated rings. The molecule has 1 aromatic rings. The van der Waals surface area contributed by atoms with Crippen LogP contribution in [-0.2, 0) is 6.54 Å². The summed E-state index contributed by atoms with van der Waals surface area (Å²) < 4.78 is 16.5. The van der Waals surface area contributed by atoms with Gasteiger partial charge in [-0.05, 0) is 57.9 Å². The summed E-state index contributed by atoms with van der Waals surface area (Å²) in [6.07, 6.45) is 6.71. The molecule has 0 atom stereocenters. The van der Waals surface area contributed by atoms with Gasteiger partial charge in [0.15, 0.2) is 11.5 Å². The Balaban J connectivity index is 1.62. The molecule has 5 nitrogen and oxygen atoms in total. The molecule has 0 bridgehead atoms. The van der Waals surface area contributed by atoms with E-state index in [9.17, 15) is 0 Å². The fraction of sp³-hybridized carbons (Fsp3) is 0.700. The van der Waals surface area contributed by atoms with Crippen molar-refractivity contribution in [1.82, 2.24) is 9.80 Å². The highest BCUT2D eigenvalue weighted by Crippen LogP contribution is 2.40. The van der Waals surface area contributed by atoms with Gasteiger partial charge in [-0.3, -0.25) is 4.90 Å². The maximum absolute atomic E-state index is 5.63. The van der Waals surface area contributed by atoms with Crippen LogP contribution in [0, 0.1) is 0 Å². The highest BCUT2D eigenvalue weighted by atomic mass is 16.5. The van der Waals surface area contributed by atoms with Crippen molar-refractivity contribution in [3.63, 3.8) is 0 Å². The minimum Gasteiger partial charge on any atom is -0.493 e. The van der Waals surface area contributed by atoms with Gasteiger partial charge in [-0.25, -0.2) is 0 Å². The highest BCUT2D eigenvalue weighted by Gasteiger charge is 2.26. The number of likely N-dealkylation sites (tertiary alicyclic amines) is 2. The average Bonchev–Trinajstić information content (AvgIpc) is 2.68. The first kappa shape index (κ1) is 18.3. The van der Waals surface area contributed by atoms with E-state index >= 15 is 0 Å². The fourth-order valence-corrected chi connectivity index (χ4v) is 4.25. The molecule has 2 aliphatic heterocycles. The molecule has 1 aromatic carbocycles. The predicted molar refractivity (Wildman–Crippen MR) is 99.8 cm³/mol. The van der Waals surface area contributed by atoms with Crippen LogP contribution in [0.3, 0.4) is 0 Å². The molecule has 0 N–H and O–H groups in total. The van der Waals surface area contributed by atoms with E-state index in [0.29, 0.717) is 11.5 Å². The van der Waals surface area contributed by atoms with Crippen molar-refractivity contribution in [2.75, 3.05) is 47.5 Å². The van der Waals surface area contributed by atoms with Gasteiger partial charge >= 0.3 is 0 Å². The largest absolute Gasteiger partial charge is 0.493 e. The lowest BCUT2D eigenvalue weighted by molar-refractivity contribution is 0.0892. The second-order valence-electron chi connectivity index (χ2n) is 7.10. The summed E-state index contributed by atoms with van der Waals surface area (Å²) in [5.41, 5.74) is 1.16. The Bertz CT molecular complexity index is 550. The number of nitrogens with zero attached hydrogens (tertiary/aromatic N) is 2. The van der Waals surface area contributed by atoms with Crippen LogP contribution in [0.2, 0.25) is 0 Å². The monoisotopic (exact) mass is 348 g/mol. The van der Waals surface area contributed by atoms with Crippen molar-refractivity contribution in [2.45, 2.75) is 44.7 Å². The number of hydrogen-bond acceptors (Lipinski definition) is 5. The summed E-state index contributed by atoms with van der Waals surface area (Å²) >= 11 is 0. The summed E-state index contributed by atoms with van der Waals surface area (Å²) in [6, 6.07) is 4.84. The molecule has 0 unspecified atom stereocenters. The first-order valence-corrected chi connectivity index (χ1v) is 9.51. The first-order valence-electron chi connectivity index (χ1n) is 9.51. The summed E-state index contributed by atoms with van der Waals surface area (Å²) in [7, 11) is 5.01. The number of hydrogen-bond donors (Lipinski definition) is 0. The normalized spacial score (nSPS) is 20.4. The smallest absolute Gasteiger partial charge is 0.203 e. The molecule has 2 saturated heterocycles. The van der Waals surface area contributed by atoms with Crippen LogP contribution in [-0.4, -0.2) is 63.4 Å². The average molecular weight is 348 g/mol. The zero-order chi connectivity index (χ0) is 17.6. The molecule has 0 saturated carbocycles. The maximum atomic E-state index is 5.63. The third-order valence-electron chi connectivity index (χ3n) is 5.64. The lowest BCUT2D eigenvalue weighted by Gasteiger charge is -2.40. The number of rotatable bonds is 6. The lowest BCUT2D eigenvalue weighted by atomic mass is 9.99. The standard InChI is InChI=1S/C20H32N2O3/c1-23-18-8-7-16(19(24-2)20(18)25-3)15-21-13-9-17(10-14-21)22-11-5-4-6-12-22/h7-8,17H,4-6,9-15H2,1-3H3. The van der Waals surface area contributed by atoms with Crippen LogP contribution >= 0.6 is 0 Å². The van der Waals surface area contributed by atoms with Crippen LogP contribution in [0.25, 0.3) is 0 Å². The van der Waals surface area contributed by atoms with E-state index in [4.69, 9.17) is 14.2 Å². The summed E-state index contributed by atoms with van der Waals surface area (Å²) in [6.45, 7) is 5.80. The Hall–Kier alpha value is -1.46. The second kappa shape index (κ2) is 8.77. The van der Waals surface area contributed by atoms with Crippen molar-refractivity contribution < 1.29 is 14.2 Å². The molecular weight excluding hydrogens is 316 g/mol. The van der Waals surface area contributed by atoms with Crippen molar-refractivity contribution in [3.05, 3.63) is 17.7 Å². The molecule has 0 spiro atoms. The van der Waals surface area contributed by atoms with E-state index in [-0.39, 0.29) is 0 Å². The van der Waals surface area contributed by atoms with Crippen LogP contribution < -0.4 is 14.2 Å². The number of benzene rings is 1. The zero-order valence-electron chi connectivity index (χ0n) is 15.9. The van der Waals surface area contributed by atoms with Crippen LogP contribution in [0.5, 0.6) is 17.2 Å². The third-order valence-corrected chi connectivity index (χ3v) is 5.64. The van der Waals surface area contributed by atoms with Gasteiger partial charge in [0, 0.05) is 18.2 Å². The molecule has 2 heterocycles. The van der Waals surface area contributed by atoms with Crippen molar-refractivity contribution in [3.8, 4) is 17.2 Å². The summed E-state index contributed by atoms with van der Waals surface area (Å²) in [5, 5.41) is 0. The molecular formula is C20H32N2O3. The Morgan fingerprint density at radius 1 is 0.840 bits per heavy atom. The zero-order valence-corrected chi connectivity index (χ0v) is 15.9. The van der Waals surface area contributed by atoms with Crippen LogP contribution in [0.4, 0.5) is 0 Å². The Morgan fingerprint density at radius 3 is 2.12 bits per heavy atom. The predicted octanol–water partition coefficient (Wildman–Crippen LogP) is 3.16. The van der Waals surface area contributed by atoms with E-state index in [1.165, 1.54) is 45.2 Å². The van der Waals surface area contributed by atoms with Crippen molar-refractivity contribution >= 4 is 0 Å². The molecule has 0 amide bonds. The van der Waals surface area contributed by atoms with Gasteiger partial charge in [-0.15, -0.1) is 0 Å². The Morgan fingerprint density at radius 2 is 1.52 bits per heavy atom. The van der Waals surface area contributed by atoms with Gasteiger partial charge in [0.2, 0.25) is 5.75 Å². The molecule has 2 aliphatic rings. The summed E-state index contributed by atoms with van der Waals surface area (Å²) in [5.74, 6) is 2.19. The summed E-state index contributed by atoms with van der Waals surface area (Å²) in [4.78, 5) is 5.25. The molecule has 0 aliphatic carbocycles. The van der Waals surface area contributed by atoms with Gasteiger partial charge < -0.3 is 19.1 Å². The topological polar surface area (TPSA) is 34.2 Å². The number of ether oxygens (including phenoxy) is 3. The second-order valence-corrected chi connectivity index (χ2v) is 7.10. The van der Waals surface area contributed by atoms with E-state index in [0.717, 1.165) is 37.0 Å². The third kappa shape index (κ3) is 4.21. The van der Waals surface area contributed by atoms with E-state index in [1.54, 1.807) is 21.3 Å². The Kier molecular flexibility index (Phi) is 6.43. The molecule has 3 rings (SSSR count). The van der Waals surface area contributed by atoms with E-state index < -0.39 is 0 Å². The minimum atomic E-state index is 0.686. The van der Waals surface area contributed by atoms with E-state index in [1.807, 2.05) is 6.07 Å². The van der Waals surface area contributed by atoms with Crippen molar-refractivity contribution in [1.29, 1.82) is 0 Å². The van der Waals surface area contributed by atoms with Gasteiger partial charge in [0.1, 0.15) is 0 Å². The lowest BCUT2D eigenvalue weighted by Crippen LogP contribution is -2.46. The fourth-order valence-electron chi connectivity index (χ4n) is 4.25. The van der Waals surface area contributed by atoms with Crippen molar-refractivity contribution in [2.24, 2.45) is 0 Å². The van der Waals surface area contributed by atoms with Gasteiger partial charge in [0.05, 0.1) is 21.3 Å². The van der Waals surface area contributed by atoms with E-state index in [2.05, 4.69) is 15.9 Å². The number of piperidine rings is 2. The SMILES string of the molecule is COc1ccc(CN2CCC(N3CCCCC3)CC2)c(OC)c1OC. The van der Waals surface area contributed by atoms with Gasteiger partial charge in [-0.2, -0.15) is 0 Å². The molecule has 0 radical (unpaired) electrons. The molecule has 5 heteroatoms. The molecule has 140 valence electrons. The Labute approximate surface area is 151 Å². The maximum Gasteiger partial charge on any atom is 0.203 e.